The van der Waals surface area contributed by atoms with E-state index in [0.717, 1.165) is 29.5 Å². The van der Waals surface area contributed by atoms with Crippen molar-refractivity contribution in [3.05, 3.63) is 54.3 Å². The largest absolute Gasteiger partial charge is 0.489 e. The molecule has 2 rings (SSSR count). The summed E-state index contributed by atoms with van der Waals surface area (Å²) in [5, 5.41) is 4.03. The van der Waals surface area contributed by atoms with Gasteiger partial charge in [-0.15, -0.1) is 0 Å². The third-order valence-corrected chi connectivity index (χ3v) is 4.49. The summed E-state index contributed by atoms with van der Waals surface area (Å²) in [4.78, 5) is 12.8. The highest BCUT2D eigenvalue weighted by Crippen LogP contribution is 2.29. The van der Waals surface area contributed by atoms with Crippen LogP contribution in [0.2, 0.25) is 0 Å². The molecular formula is C23H32N2O2. The second-order valence-electron chi connectivity index (χ2n) is 7.03. The Kier molecular flexibility index (Phi) is 8.18. The molecule has 0 spiro atoms. The second kappa shape index (κ2) is 10.6. The minimum Gasteiger partial charge on any atom is -0.489 e. The van der Waals surface area contributed by atoms with Gasteiger partial charge in [-0.2, -0.15) is 0 Å². The van der Waals surface area contributed by atoms with E-state index in [4.69, 9.17) is 4.74 Å². The number of aromatic nitrogens is 1. The van der Waals surface area contributed by atoms with Gasteiger partial charge in [0.1, 0.15) is 18.1 Å². The number of allylic oxidation sites excluding steroid dienone is 2. The first-order valence-corrected chi connectivity index (χ1v) is 9.86. The molecule has 0 bridgehead atoms. The summed E-state index contributed by atoms with van der Waals surface area (Å²) < 4.78 is 7.85. The topological polar surface area (TPSA) is 43.3 Å². The van der Waals surface area contributed by atoms with E-state index in [2.05, 4.69) is 43.3 Å². The Labute approximate surface area is 162 Å². The number of nitrogens with zero attached hydrogens (tertiary/aromatic N) is 1. The Balaban J connectivity index is 2.31. The van der Waals surface area contributed by atoms with Crippen molar-refractivity contribution in [1.29, 1.82) is 0 Å². The smallest absolute Gasteiger partial charge is 0.267 e. The standard InChI is InChI=1S/C23H32N2O2/c1-5-7-8-9-14-24-23(26)21-17-19-20(25(21)15-13-18(3)4)11-10-12-22(19)27-16-6-2/h6,10-13,17H,2,5,7-9,14-16H2,1,3-4H3,(H,24,26). The lowest BCUT2D eigenvalue weighted by molar-refractivity contribution is 0.0944. The lowest BCUT2D eigenvalue weighted by atomic mass is 10.2. The van der Waals surface area contributed by atoms with Gasteiger partial charge in [-0.05, 0) is 38.5 Å². The maximum atomic E-state index is 12.8. The van der Waals surface area contributed by atoms with Crippen molar-refractivity contribution in [1.82, 2.24) is 9.88 Å². The monoisotopic (exact) mass is 368 g/mol. The number of hydrogen-bond acceptors (Lipinski definition) is 2. The van der Waals surface area contributed by atoms with Crippen LogP contribution in [0.25, 0.3) is 10.9 Å². The molecule has 0 fully saturated rings. The lowest BCUT2D eigenvalue weighted by Gasteiger charge is -2.10. The summed E-state index contributed by atoms with van der Waals surface area (Å²) in [7, 11) is 0. The van der Waals surface area contributed by atoms with Crippen LogP contribution in [0.15, 0.2) is 48.6 Å². The number of amides is 1. The number of carbonyl (C=O) groups is 1. The number of rotatable bonds is 11. The van der Waals surface area contributed by atoms with Gasteiger partial charge in [0, 0.05) is 18.5 Å². The molecule has 0 radical (unpaired) electrons. The van der Waals surface area contributed by atoms with E-state index in [0.29, 0.717) is 25.4 Å². The van der Waals surface area contributed by atoms with E-state index in [9.17, 15) is 4.79 Å². The van der Waals surface area contributed by atoms with Crippen molar-refractivity contribution in [2.45, 2.75) is 53.0 Å². The number of ether oxygens (including phenoxy) is 1. The molecule has 146 valence electrons. The second-order valence-corrected chi connectivity index (χ2v) is 7.03. The molecule has 1 amide bonds. The summed E-state index contributed by atoms with van der Waals surface area (Å²) in [5.41, 5.74) is 2.90. The molecule has 4 nitrogen and oxygen atoms in total. The molecule has 1 aromatic carbocycles. The minimum absolute atomic E-state index is 0.0282. The summed E-state index contributed by atoms with van der Waals surface area (Å²) in [6.07, 6.45) is 8.43. The van der Waals surface area contributed by atoms with E-state index in [1.54, 1.807) is 6.08 Å². The molecule has 4 heteroatoms. The van der Waals surface area contributed by atoms with Gasteiger partial charge in [0.15, 0.2) is 0 Å². The lowest BCUT2D eigenvalue weighted by Crippen LogP contribution is -2.26. The summed E-state index contributed by atoms with van der Waals surface area (Å²) in [6, 6.07) is 7.87. The fraction of sp³-hybridized carbons (Fsp3) is 0.435. The van der Waals surface area contributed by atoms with Gasteiger partial charge >= 0.3 is 0 Å². The van der Waals surface area contributed by atoms with Crippen molar-refractivity contribution < 1.29 is 9.53 Å². The molecule has 0 aliphatic carbocycles. The van der Waals surface area contributed by atoms with Crippen molar-refractivity contribution >= 4 is 16.8 Å². The van der Waals surface area contributed by atoms with Crippen LogP contribution in [0.5, 0.6) is 5.75 Å². The van der Waals surface area contributed by atoms with Crippen molar-refractivity contribution in [2.24, 2.45) is 0 Å². The Morgan fingerprint density at radius 1 is 1.26 bits per heavy atom. The first kappa shape index (κ1) is 20.8. The minimum atomic E-state index is -0.0282. The molecule has 0 aliphatic rings. The molecule has 1 heterocycles. The predicted octanol–water partition coefficient (Wildman–Crippen LogP) is 5.48. The zero-order valence-corrected chi connectivity index (χ0v) is 16.9. The highest BCUT2D eigenvalue weighted by atomic mass is 16.5. The molecule has 27 heavy (non-hydrogen) atoms. The zero-order chi connectivity index (χ0) is 19.6. The molecule has 1 aromatic heterocycles. The van der Waals surface area contributed by atoms with Crippen LogP contribution in [0.3, 0.4) is 0 Å². The van der Waals surface area contributed by atoms with E-state index in [1.807, 2.05) is 24.3 Å². The number of unbranched alkanes of at least 4 members (excludes halogenated alkanes) is 3. The number of fused-ring (bicyclic) bond motifs is 1. The quantitative estimate of drug-likeness (QED) is 0.421. The predicted molar refractivity (Wildman–Crippen MR) is 114 cm³/mol. The molecule has 2 aromatic rings. The fourth-order valence-corrected chi connectivity index (χ4v) is 3.03. The van der Waals surface area contributed by atoms with Gasteiger partial charge in [-0.1, -0.05) is 56.6 Å². The van der Waals surface area contributed by atoms with Crippen LogP contribution in [0, 0.1) is 0 Å². The highest BCUT2D eigenvalue weighted by molar-refractivity contribution is 6.00. The van der Waals surface area contributed by atoms with E-state index in [-0.39, 0.29) is 5.91 Å². The van der Waals surface area contributed by atoms with Crippen molar-refractivity contribution in [2.75, 3.05) is 13.2 Å². The molecular weight excluding hydrogens is 336 g/mol. The summed E-state index contributed by atoms with van der Waals surface area (Å²) in [6.45, 7) is 11.8. The summed E-state index contributed by atoms with van der Waals surface area (Å²) >= 11 is 0. The average molecular weight is 369 g/mol. The van der Waals surface area contributed by atoms with Gasteiger partial charge in [0.25, 0.3) is 5.91 Å². The first-order chi connectivity index (χ1) is 13.1. The number of hydrogen-bond donors (Lipinski definition) is 1. The third-order valence-electron chi connectivity index (χ3n) is 4.49. The van der Waals surface area contributed by atoms with Gasteiger partial charge in [-0.3, -0.25) is 4.79 Å². The third kappa shape index (κ3) is 5.75. The maximum absolute atomic E-state index is 12.8. The SMILES string of the molecule is C=CCOc1cccc2c1cc(C(=O)NCCCCCC)n2CC=C(C)C. The van der Waals surface area contributed by atoms with Gasteiger partial charge in [0.05, 0.1) is 5.52 Å². The Bertz CT molecular complexity index is 798. The van der Waals surface area contributed by atoms with Gasteiger partial charge in [0.2, 0.25) is 0 Å². The van der Waals surface area contributed by atoms with E-state index >= 15 is 0 Å². The zero-order valence-electron chi connectivity index (χ0n) is 16.9. The normalized spacial score (nSPS) is 10.6. The van der Waals surface area contributed by atoms with Crippen LogP contribution in [-0.4, -0.2) is 23.6 Å². The van der Waals surface area contributed by atoms with E-state index in [1.165, 1.54) is 18.4 Å². The molecule has 1 N–H and O–H groups in total. The number of carbonyl (C=O) groups excluding carboxylic acids is 1. The number of benzene rings is 1. The van der Waals surface area contributed by atoms with Gasteiger partial charge < -0.3 is 14.6 Å². The van der Waals surface area contributed by atoms with E-state index < -0.39 is 0 Å². The Hall–Kier alpha value is -2.49. The van der Waals surface area contributed by atoms with Crippen molar-refractivity contribution in [3.8, 4) is 5.75 Å². The van der Waals surface area contributed by atoms with Crippen LogP contribution < -0.4 is 10.1 Å². The van der Waals surface area contributed by atoms with Crippen LogP contribution in [-0.2, 0) is 6.54 Å². The Morgan fingerprint density at radius 2 is 2.07 bits per heavy atom. The highest BCUT2D eigenvalue weighted by Gasteiger charge is 2.17. The maximum Gasteiger partial charge on any atom is 0.267 e. The van der Waals surface area contributed by atoms with Crippen LogP contribution >= 0.6 is 0 Å². The molecule has 0 aliphatic heterocycles. The first-order valence-electron chi connectivity index (χ1n) is 9.86. The van der Waals surface area contributed by atoms with Crippen LogP contribution in [0.4, 0.5) is 0 Å². The number of nitrogens with one attached hydrogen (secondary N) is 1. The fourth-order valence-electron chi connectivity index (χ4n) is 3.03. The molecule has 0 atom stereocenters. The van der Waals surface area contributed by atoms with Gasteiger partial charge in [-0.25, -0.2) is 0 Å². The molecule has 0 saturated heterocycles. The van der Waals surface area contributed by atoms with Crippen molar-refractivity contribution in [3.63, 3.8) is 0 Å². The Morgan fingerprint density at radius 3 is 2.78 bits per heavy atom. The summed E-state index contributed by atoms with van der Waals surface area (Å²) in [5.74, 6) is 0.750. The van der Waals surface area contributed by atoms with Crippen LogP contribution in [0.1, 0.15) is 56.9 Å². The molecule has 0 unspecified atom stereocenters. The average Bonchev–Trinajstić information content (AvgIpc) is 3.03. The molecule has 0 saturated carbocycles.